The van der Waals surface area contributed by atoms with Crippen molar-refractivity contribution >= 4 is 5.91 Å². The predicted octanol–water partition coefficient (Wildman–Crippen LogP) is 1.48. The number of benzene rings is 1. The number of halogens is 1. The maximum Gasteiger partial charge on any atom is 0.236 e. The number of hydrogen-bond donors (Lipinski definition) is 2. The lowest BCUT2D eigenvalue weighted by Crippen LogP contribution is -2.45. The molecule has 1 aromatic rings. The molecular weight excluding hydrogens is 219 g/mol. The smallest absolute Gasteiger partial charge is 0.236 e. The van der Waals surface area contributed by atoms with E-state index in [1.807, 2.05) is 13.0 Å². The quantitative estimate of drug-likeness (QED) is 0.816. The Kier molecular flexibility index (Phi) is 5.10. The monoisotopic (exact) mass is 238 g/mol. The maximum absolute atomic E-state index is 13.0. The highest BCUT2D eigenvalue weighted by Crippen LogP contribution is 2.06. The van der Waals surface area contributed by atoms with Gasteiger partial charge in [-0.05, 0) is 38.0 Å². The second-order valence-electron chi connectivity index (χ2n) is 4.24. The Labute approximate surface area is 101 Å². The Morgan fingerprint density at radius 1 is 1.41 bits per heavy atom. The van der Waals surface area contributed by atoms with Crippen molar-refractivity contribution in [2.45, 2.75) is 32.4 Å². The molecule has 0 aliphatic carbocycles. The van der Waals surface area contributed by atoms with Crippen LogP contribution in [0.2, 0.25) is 0 Å². The molecule has 2 atom stereocenters. The zero-order valence-corrected chi connectivity index (χ0v) is 10.5. The van der Waals surface area contributed by atoms with Crippen molar-refractivity contribution in [2.24, 2.45) is 0 Å². The van der Waals surface area contributed by atoms with E-state index < -0.39 is 0 Å². The molecule has 2 unspecified atom stereocenters. The van der Waals surface area contributed by atoms with Crippen LogP contribution < -0.4 is 10.6 Å². The fourth-order valence-electron chi connectivity index (χ4n) is 1.80. The lowest BCUT2D eigenvalue weighted by atomic mass is 10.1. The number of carbonyl (C=O) groups is 1. The molecule has 0 aliphatic heterocycles. The molecule has 0 radical (unpaired) electrons. The van der Waals surface area contributed by atoms with Crippen molar-refractivity contribution in [3.8, 4) is 0 Å². The highest BCUT2D eigenvalue weighted by molar-refractivity contribution is 5.80. The molecule has 4 heteroatoms. The highest BCUT2D eigenvalue weighted by Gasteiger charge is 2.13. The predicted molar refractivity (Wildman–Crippen MR) is 66.2 cm³/mol. The lowest BCUT2D eigenvalue weighted by molar-refractivity contribution is -0.122. The van der Waals surface area contributed by atoms with Crippen LogP contribution in [0.3, 0.4) is 0 Å². The first kappa shape index (κ1) is 13.6. The number of nitrogens with one attached hydrogen (secondary N) is 2. The molecule has 2 N–H and O–H groups in total. The van der Waals surface area contributed by atoms with E-state index in [4.69, 9.17) is 0 Å². The summed E-state index contributed by atoms with van der Waals surface area (Å²) in [5, 5.41) is 5.75. The Morgan fingerprint density at radius 3 is 2.71 bits per heavy atom. The molecule has 0 fully saturated rings. The Morgan fingerprint density at radius 2 is 2.12 bits per heavy atom. The largest absolute Gasteiger partial charge is 0.358 e. The minimum atomic E-state index is -0.247. The van der Waals surface area contributed by atoms with Crippen LogP contribution in [-0.4, -0.2) is 25.0 Å². The summed E-state index contributed by atoms with van der Waals surface area (Å²) in [6.07, 6.45) is 0.694. The summed E-state index contributed by atoms with van der Waals surface area (Å²) in [5.41, 5.74) is 0.925. The van der Waals surface area contributed by atoms with E-state index >= 15 is 0 Å². The molecule has 0 spiro atoms. The van der Waals surface area contributed by atoms with Crippen molar-refractivity contribution in [2.75, 3.05) is 7.05 Å². The van der Waals surface area contributed by atoms with Crippen molar-refractivity contribution in [3.63, 3.8) is 0 Å². The molecule has 0 aromatic heterocycles. The molecule has 0 bridgehead atoms. The number of likely N-dealkylation sites (N-methyl/N-ethyl adjacent to an activating group) is 1. The summed E-state index contributed by atoms with van der Waals surface area (Å²) >= 11 is 0. The SMILES string of the molecule is CNC(=O)C(C)NC(C)Cc1cccc(F)c1. The van der Waals surface area contributed by atoms with Gasteiger partial charge in [-0.2, -0.15) is 0 Å². The molecule has 3 nitrogen and oxygen atoms in total. The molecule has 0 saturated carbocycles. The third-order valence-electron chi connectivity index (χ3n) is 2.61. The first-order valence-corrected chi connectivity index (χ1v) is 5.75. The van der Waals surface area contributed by atoms with Gasteiger partial charge in [0.05, 0.1) is 6.04 Å². The van der Waals surface area contributed by atoms with Crippen LogP contribution in [0.4, 0.5) is 4.39 Å². The van der Waals surface area contributed by atoms with Gasteiger partial charge in [0.25, 0.3) is 0 Å². The summed E-state index contributed by atoms with van der Waals surface area (Å²) in [4.78, 5) is 11.3. The van der Waals surface area contributed by atoms with Crippen LogP contribution in [-0.2, 0) is 11.2 Å². The van der Waals surface area contributed by atoms with Gasteiger partial charge in [-0.25, -0.2) is 4.39 Å². The Hall–Kier alpha value is -1.42. The zero-order chi connectivity index (χ0) is 12.8. The average Bonchev–Trinajstić information content (AvgIpc) is 2.27. The van der Waals surface area contributed by atoms with Gasteiger partial charge in [0.1, 0.15) is 5.82 Å². The minimum Gasteiger partial charge on any atom is -0.358 e. The molecule has 94 valence electrons. The van der Waals surface area contributed by atoms with Crippen LogP contribution in [0.1, 0.15) is 19.4 Å². The third-order valence-corrected chi connectivity index (χ3v) is 2.61. The molecular formula is C13H19FN2O. The number of hydrogen-bond acceptors (Lipinski definition) is 2. The van der Waals surface area contributed by atoms with Gasteiger partial charge in [-0.15, -0.1) is 0 Å². The van der Waals surface area contributed by atoms with Gasteiger partial charge < -0.3 is 10.6 Å². The van der Waals surface area contributed by atoms with E-state index in [0.717, 1.165) is 5.56 Å². The average molecular weight is 238 g/mol. The zero-order valence-electron chi connectivity index (χ0n) is 10.5. The maximum atomic E-state index is 13.0. The van der Waals surface area contributed by atoms with Gasteiger partial charge >= 0.3 is 0 Å². The van der Waals surface area contributed by atoms with Crippen LogP contribution in [0.25, 0.3) is 0 Å². The van der Waals surface area contributed by atoms with Crippen molar-refractivity contribution in [3.05, 3.63) is 35.6 Å². The summed E-state index contributed by atoms with van der Waals surface area (Å²) in [6, 6.07) is 6.38. The van der Waals surface area contributed by atoms with Crippen molar-refractivity contribution < 1.29 is 9.18 Å². The van der Waals surface area contributed by atoms with Crippen molar-refractivity contribution in [1.82, 2.24) is 10.6 Å². The second-order valence-corrected chi connectivity index (χ2v) is 4.24. The van der Waals surface area contributed by atoms with Crippen LogP contribution in [0.15, 0.2) is 24.3 Å². The van der Waals surface area contributed by atoms with Gasteiger partial charge in [0, 0.05) is 13.1 Å². The first-order chi connectivity index (χ1) is 8.02. The number of amides is 1. The van der Waals surface area contributed by atoms with E-state index in [9.17, 15) is 9.18 Å². The second kappa shape index (κ2) is 6.35. The van der Waals surface area contributed by atoms with Crippen molar-refractivity contribution in [1.29, 1.82) is 0 Å². The van der Waals surface area contributed by atoms with E-state index in [-0.39, 0.29) is 23.8 Å². The normalized spacial score (nSPS) is 14.1. The molecule has 1 amide bonds. The Balaban J connectivity index is 2.49. The third kappa shape index (κ3) is 4.53. The molecule has 0 heterocycles. The number of rotatable bonds is 5. The fraction of sp³-hybridized carbons (Fsp3) is 0.462. The van der Waals surface area contributed by atoms with Gasteiger partial charge in [0.2, 0.25) is 5.91 Å². The van der Waals surface area contributed by atoms with Crippen LogP contribution in [0.5, 0.6) is 0 Å². The van der Waals surface area contributed by atoms with Crippen LogP contribution in [0, 0.1) is 5.82 Å². The summed E-state index contributed by atoms with van der Waals surface area (Å²) in [5.74, 6) is -0.273. The van der Waals surface area contributed by atoms with Gasteiger partial charge in [-0.1, -0.05) is 12.1 Å². The first-order valence-electron chi connectivity index (χ1n) is 5.75. The molecule has 0 saturated heterocycles. The van der Waals surface area contributed by atoms with E-state index in [2.05, 4.69) is 10.6 Å². The minimum absolute atomic E-state index is 0.0453. The fourth-order valence-corrected chi connectivity index (χ4v) is 1.80. The topological polar surface area (TPSA) is 41.1 Å². The van der Waals surface area contributed by atoms with Gasteiger partial charge in [0.15, 0.2) is 0 Å². The molecule has 17 heavy (non-hydrogen) atoms. The Bertz CT molecular complexity index is 381. The van der Waals surface area contributed by atoms with Crippen LogP contribution >= 0.6 is 0 Å². The summed E-state index contributed by atoms with van der Waals surface area (Å²) in [7, 11) is 1.61. The standard InChI is InChI=1S/C13H19FN2O/c1-9(16-10(2)13(17)15-3)7-11-5-4-6-12(14)8-11/h4-6,8-10,16H,7H2,1-3H3,(H,15,17). The van der Waals surface area contributed by atoms with E-state index in [0.29, 0.717) is 6.42 Å². The lowest BCUT2D eigenvalue weighted by Gasteiger charge is -2.18. The van der Waals surface area contributed by atoms with Gasteiger partial charge in [-0.3, -0.25) is 4.79 Å². The molecule has 1 aromatic carbocycles. The molecule has 0 aliphatic rings. The van der Waals surface area contributed by atoms with E-state index in [1.54, 1.807) is 20.0 Å². The number of carbonyl (C=O) groups excluding carboxylic acids is 1. The summed E-state index contributed by atoms with van der Waals surface area (Å²) < 4.78 is 13.0. The summed E-state index contributed by atoms with van der Waals surface area (Å²) in [6.45, 7) is 3.78. The molecule has 1 rings (SSSR count). The van der Waals surface area contributed by atoms with E-state index in [1.165, 1.54) is 12.1 Å². The highest BCUT2D eigenvalue weighted by atomic mass is 19.1.